The molecule has 0 atom stereocenters. The topological polar surface area (TPSA) is 118 Å². The van der Waals surface area contributed by atoms with Crippen molar-refractivity contribution in [3.05, 3.63) is 41.7 Å². The minimum Gasteiger partial charge on any atom is -0.475 e. The van der Waals surface area contributed by atoms with E-state index in [9.17, 15) is 4.79 Å². The minimum absolute atomic E-state index is 0.00628. The summed E-state index contributed by atoms with van der Waals surface area (Å²) in [5, 5.41) is 8.66. The second-order valence-electron chi connectivity index (χ2n) is 7.35. The molecule has 1 saturated heterocycles. The summed E-state index contributed by atoms with van der Waals surface area (Å²) >= 11 is 0. The molecular weight excluding hydrogens is 384 g/mol. The van der Waals surface area contributed by atoms with Crippen LogP contribution in [0.1, 0.15) is 25.0 Å². The summed E-state index contributed by atoms with van der Waals surface area (Å²) in [6, 6.07) is 5.35. The Hall–Kier alpha value is -3.20. The van der Waals surface area contributed by atoms with Gasteiger partial charge in [-0.15, -0.1) is 0 Å². The molecule has 1 amide bonds. The van der Waals surface area contributed by atoms with Crippen molar-refractivity contribution in [2.24, 2.45) is 0 Å². The number of carbonyl (C=O) groups excluding carboxylic acids is 1. The fourth-order valence-corrected chi connectivity index (χ4v) is 3.27. The van der Waals surface area contributed by atoms with E-state index >= 15 is 0 Å². The van der Waals surface area contributed by atoms with Gasteiger partial charge in [0, 0.05) is 56.7 Å². The summed E-state index contributed by atoms with van der Waals surface area (Å²) in [4.78, 5) is 24.5. The van der Waals surface area contributed by atoms with Crippen LogP contribution in [0.3, 0.4) is 0 Å². The van der Waals surface area contributed by atoms with E-state index in [1.54, 1.807) is 23.2 Å². The molecule has 30 heavy (non-hydrogen) atoms. The number of methoxy groups -OCH3 is 1. The van der Waals surface area contributed by atoms with Crippen LogP contribution in [0.5, 0.6) is 5.88 Å². The van der Waals surface area contributed by atoms with E-state index < -0.39 is 0 Å². The van der Waals surface area contributed by atoms with E-state index in [-0.39, 0.29) is 24.3 Å². The lowest BCUT2D eigenvalue weighted by Crippen LogP contribution is -2.50. The van der Waals surface area contributed by atoms with Gasteiger partial charge in [-0.3, -0.25) is 10.2 Å². The van der Waals surface area contributed by atoms with E-state index in [1.807, 2.05) is 19.9 Å². The first-order chi connectivity index (χ1) is 14.4. The molecule has 0 saturated carbocycles. The average molecular weight is 412 g/mol. The van der Waals surface area contributed by atoms with E-state index in [0.717, 1.165) is 5.82 Å². The Balaban J connectivity index is 1.75. The van der Waals surface area contributed by atoms with Crippen LogP contribution in [0.25, 0.3) is 0 Å². The number of amides is 1. The zero-order valence-electron chi connectivity index (χ0n) is 17.6. The molecule has 0 aromatic carbocycles. The molecule has 0 bridgehead atoms. The van der Waals surface area contributed by atoms with Crippen molar-refractivity contribution in [2.45, 2.75) is 20.0 Å². The molecule has 2 aromatic heterocycles. The van der Waals surface area contributed by atoms with Crippen molar-refractivity contribution in [1.29, 1.82) is 5.41 Å². The van der Waals surface area contributed by atoms with Gasteiger partial charge in [0.2, 0.25) is 11.8 Å². The Morgan fingerprint density at radius 2 is 1.97 bits per heavy atom. The fourth-order valence-electron chi connectivity index (χ4n) is 3.27. The normalized spacial score (nSPS) is 14.1. The van der Waals surface area contributed by atoms with Crippen molar-refractivity contribution in [2.75, 3.05) is 50.5 Å². The Morgan fingerprint density at radius 3 is 2.63 bits per heavy atom. The number of aromatic nitrogens is 2. The highest BCUT2D eigenvalue weighted by atomic mass is 16.5. The van der Waals surface area contributed by atoms with Gasteiger partial charge < -0.3 is 25.0 Å². The molecule has 0 spiro atoms. The van der Waals surface area contributed by atoms with Gasteiger partial charge in [-0.25, -0.2) is 9.97 Å². The lowest BCUT2D eigenvalue weighted by Gasteiger charge is -2.35. The number of nitrogens with one attached hydrogen (secondary N) is 1. The minimum atomic E-state index is -0.0230. The van der Waals surface area contributed by atoms with Crippen molar-refractivity contribution in [1.82, 2.24) is 14.9 Å². The second kappa shape index (κ2) is 9.53. The highest BCUT2D eigenvalue weighted by Crippen LogP contribution is 2.23. The standard InChI is InChI=1S/C21H28N6O3/c1-14(2)30-19-11-16(17(22)12-25-19)21(23)15-4-5-24-18(10-15)26-6-8-27(9-7-26)20(28)13-29-3/h4-5,10-12,14,23H,6-9,13,22H2,1-3H3. The molecule has 0 unspecified atom stereocenters. The van der Waals surface area contributed by atoms with E-state index in [2.05, 4.69) is 14.9 Å². The van der Waals surface area contributed by atoms with Crippen LogP contribution in [-0.4, -0.2) is 72.5 Å². The van der Waals surface area contributed by atoms with Crippen molar-refractivity contribution < 1.29 is 14.3 Å². The van der Waals surface area contributed by atoms with Gasteiger partial charge in [0.1, 0.15) is 12.4 Å². The number of nitrogens with two attached hydrogens (primary N) is 1. The summed E-state index contributed by atoms with van der Waals surface area (Å²) < 4.78 is 10.6. The smallest absolute Gasteiger partial charge is 0.248 e. The van der Waals surface area contributed by atoms with Gasteiger partial charge >= 0.3 is 0 Å². The number of hydrogen-bond donors (Lipinski definition) is 2. The SMILES string of the molecule is COCC(=O)N1CCN(c2cc(C(=N)c3cc(OC(C)C)ncc3N)ccn2)CC1. The number of nitrogen functional groups attached to an aromatic ring is 1. The molecular formula is C21H28N6O3. The number of ether oxygens (including phenoxy) is 2. The van der Waals surface area contributed by atoms with E-state index in [0.29, 0.717) is 48.9 Å². The van der Waals surface area contributed by atoms with Gasteiger partial charge in [0.15, 0.2) is 0 Å². The third-order valence-corrected chi connectivity index (χ3v) is 4.79. The van der Waals surface area contributed by atoms with Gasteiger partial charge in [-0.05, 0) is 26.0 Å². The van der Waals surface area contributed by atoms with Gasteiger partial charge in [-0.1, -0.05) is 0 Å². The zero-order chi connectivity index (χ0) is 21.7. The maximum atomic E-state index is 12.0. The number of nitrogens with zero attached hydrogens (tertiary/aromatic N) is 4. The first kappa shape index (κ1) is 21.5. The monoisotopic (exact) mass is 412 g/mol. The molecule has 1 fully saturated rings. The number of hydrogen-bond acceptors (Lipinski definition) is 8. The van der Waals surface area contributed by atoms with Crippen LogP contribution in [0.4, 0.5) is 11.5 Å². The largest absolute Gasteiger partial charge is 0.475 e. The number of rotatable bonds is 7. The quantitative estimate of drug-likeness (QED) is 0.663. The van der Waals surface area contributed by atoms with Crippen molar-refractivity contribution >= 4 is 23.1 Å². The lowest BCUT2D eigenvalue weighted by molar-refractivity contribution is -0.135. The summed E-state index contributed by atoms with van der Waals surface area (Å²) in [5.41, 5.74) is 8.03. The zero-order valence-corrected chi connectivity index (χ0v) is 17.6. The fraction of sp³-hybridized carbons (Fsp3) is 0.429. The molecule has 0 aliphatic carbocycles. The molecule has 0 radical (unpaired) electrons. The number of anilines is 2. The molecule has 3 rings (SSSR count). The third kappa shape index (κ3) is 5.04. The molecule has 9 nitrogen and oxygen atoms in total. The van der Waals surface area contributed by atoms with E-state index in [1.165, 1.54) is 13.3 Å². The Kier molecular flexibility index (Phi) is 6.83. The molecule has 160 valence electrons. The maximum Gasteiger partial charge on any atom is 0.248 e. The predicted octanol–water partition coefficient (Wildman–Crippen LogP) is 1.56. The predicted molar refractivity (Wildman–Crippen MR) is 115 cm³/mol. The highest BCUT2D eigenvalue weighted by Gasteiger charge is 2.22. The first-order valence-corrected chi connectivity index (χ1v) is 9.88. The van der Waals surface area contributed by atoms with Crippen LogP contribution in [0, 0.1) is 5.41 Å². The third-order valence-electron chi connectivity index (χ3n) is 4.79. The average Bonchev–Trinajstić information content (AvgIpc) is 2.74. The second-order valence-corrected chi connectivity index (χ2v) is 7.35. The molecule has 1 aliphatic heterocycles. The molecule has 1 aliphatic rings. The summed E-state index contributed by atoms with van der Waals surface area (Å²) in [6.07, 6.45) is 3.18. The number of carbonyl (C=O) groups is 1. The lowest BCUT2D eigenvalue weighted by atomic mass is 10.0. The summed E-state index contributed by atoms with van der Waals surface area (Å²) in [6.45, 7) is 6.49. The van der Waals surface area contributed by atoms with Crippen molar-refractivity contribution in [3.63, 3.8) is 0 Å². The summed E-state index contributed by atoms with van der Waals surface area (Å²) in [5.74, 6) is 1.20. The van der Waals surface area contributed by atoms with Gasteiger partial charge in [-0.2, -0.15) is 0 Å². The Morgan fingerprint density at radius 1 is 1.23 bits per heavy atom. The molecule has 2 aromatic rings. The molecule has 3 N–H and O–H groups in total. The molecule has 9 heteroatoms. The molecule has 3 heterocycles. The van der Waals surface area contributed by atoms with Crippen molar-refractivity contribution in [3.8, 4) is 5.88 Å². The first-order valence-electron chi connectivity index (χ1n) is 9.88. The van der Waals surface area contributed by atoms with Crippen LogP contribution in [-0.2, 0) is 9.53 Å². The van der Waals surface area contributed by atoms with E-state index in [4.69, 9.17) is 20.6 Å². The van der Waals surface area contributed by atoms with Gasteiger partial charge in [0.05, 0.1) is 23.7 Å². The maximum absolute atomic E-state index is 12.0. The van der Waals surface area contributed by atoms with Crippen LogP contribution in [0.15, 0.2) is 30.6 Å². The van der Waals surface area contributed by atoms with Crippen LogP contribution in [0.2, 0.25) is 0 Å². The number of piperazine rings is 1. The number of pyridine rings is 2. The Bertz CT molecular complexity index is 909. The Labute approximate surface area is 176 Å². The van der Waals surface area contributed by atoms with Gasteiger partial charge in [0.25, 0.3) is 0 Å². The highest BCUT2D eigenvalue weighted by molar-refractivity contribution is 6.14. The van der Waals surface area contributed by atoms with Crippen LogP contribution >= 0.6 is 0 Å². The van der Waals surface area contributed by atoms with Crippen LogP contribution < -0.4 is 15.4 Å². The summed E-state index contributed by atoms with van der Waals surface area (Å²) in [7, 11) is 1.52.